The van der Waals surface area contributed by atoms with E-state index in [1.807, 2.05) is 13.8 Å². The first-order valence-corrected chi connectivity index (χ1v) is 10.4. The van der Waals surface area contributed by atoms with Gasteiger partial charge in [0.05, 0.1) is 17.6 Å². The maximum absolute atomic E-state index is 12.8. The molecule has 0 unspecified atom stereocenters. The largest absolute Gasteiger partial charge is 0.496 e. The Balaban J connectivity index is 1.93. The van der Waals surface area contributed by atoms with Crippen molar-refractivity contribution in [1.82, 2.24) is 14.9 Å². The second-order valence-corrected chi connectivity index (χ2v) is 8.64. The Morgan fingerprint density at radius 1 is 1.23 bits per heavy atom. The van der Waals surface area contributed by atoms with Crippen molar-refractivity contribution in [3.8, 4) is 17.2 Å². The molecule has 1 aromatic carbocycles. The smallest absolute Gasteiger partial charge is 0.261 e. The van der Waals surface area contributed by atoms with E-state index in [0.717, 1.165) is 25.7 Å². The molecule has 0 bridgehead atoms. The highest BCUT2D eigenvalue weighted by Gasteiger charge is 2.24. The van der Waals surface area contributed by atoms with Crippen LogP contribution in [0.4, 0.5) is 0 Å². The Morgan fingerprint density at radius 2 is 1.96 bits per heavy atom. The SMILES string of the molecule is COc1ccc(S(=O)(=O)NC2CCCCC2)cc1-c1nc(C(C)C)no1. The summed E-state index contributed by atoms with van der Waals surface area (Å²) in [4.78, 5) is 4.52. The molecule has 7 nitrogen and oxygen atoms in total. The number of nitrogens with one attached hydrogen (secondary N) is 1. The maximum Gasteiger partial charge on any atom is 0.261 e. The highest BCUT2D eigenvalue weighted by molar-refractivity contribution is 7.89. The van der Waals surface area contributed by atoms with Crippen molar-refractivity contribution >= 4 is 10.0 Å². The molecular formula is C18H25N3O4S. The fourth-order valence-corrected chi connectivity index (χ4v) is 4.44. The standard InChI is InChI=1S/C18H25N3O4S/c1-12(2)17-19-18(25-20-17)15-11-14(9-10-16(15)24-3)26(22,23)21-13-7-5-4-6-8-13/h9-13,21H,4-8H2,1-3H3. The van der Waals surface area contributed by atoms with Crippen molar-refractivity contribution < 1.29 is 17.7 Å². The first kappa shape index (κ1) is 18.8. The third-order valence-electron chi connectivity index (χ3n) is 4.60. The molecule has 0 radical (unpaired) electrons. The van der Waals surface area contributed by atoms with E-state index >= 15 is 0 Å². The Bertz CT molecular complexity index is 855. The molecule has 1 aliphatic rings. The predicted molar refractivity (Wildman–Crippen MR) is 97.6 cm³/mol. The van der Waals surface area contributed by atoms with Gasteiger partial charge in [-0.2, -0.15) is 4.98 Å². The molecule has 0 spiro atoms. The van der Waals surface area contributed by atoms with E-state index in [-0.39, 0.29) is 22.7 Å². The number of nitrogens with zero attached hydrogens (tertiary/aromatic N) is 2. The van der Waals surface area contributed by atoms with Crippen molar-refractivity contribution in [3.05, 3.63) is 24.0 Å². The first-order chi connectivity index (χ1) is 12.4. The fourth-order valence-electron chi connectivity index (χ4n) is 3.11. The molecule has 1 N–H and O–H groups in total. The van der Waals surface area contributed by atoms with Crippen LogP contribution in [0.25, 0.3) is 11.5 Å². The molecule has 3 rings (SSSR count). The lowest BCUT2D eigenvalue weighted by Crippen LogP contribution is -2.36. The molecule has 0 amide bonds. The third-order valence-corrected chi connectivity index (χ3v) is 6.11. The third kappa shape index (κ3) is 4.07. The van der Waals surface area contributed by atoms with Crippen molar-refractivity contribution in [1.29, 1.82) is 0 Å². The van der Waals surface area contributed by atoms with Gasteiger partial charge in [-0.05, 0) is 31.0 Å². The normalized spacial score (nSPS) is 16.2. The average molecular weight is 379 g/mol. The number of hydrogen-bond acceptors (Lipinski definition) is 6. The summed E-state index contributed by atoms with van der Waals surface area (Å²) in [5.74, 6) is 1.41. The van der Waals surface area contributed by atoms with Gasteiger partial charge in [-0.1, -0.05) is 38.3 Å². The summed E-state index contributed by atoms with van der Waals surface area (Å²) in [6, 6.07) is 4.68. The summed E-state index contributed by atoms with van der Waals surface area (Å²) in [6.07, 6.45) is 5.04. The van der Waals surface area contributed by atoms with Crippen molar-refractivity contribution in [2.75, 3.05) is 7.11 Å². The Labute approximate surface area is 154 Å². The van der Waals surface area contributed by atoms with Crippen LogP contribution in [0, 0.1) is 0 Å². The van der Waals surface area contributed by atoms with Gasteiger partial charge in [-0.3, -0.25) is 0 Å². The second kappa shape index (κ2) is 7.75. The van der Waals surface area contributed by atoms with E-state index in [2.05, 4.69) is 14.9 Å². The summed E-state index contributed by atoms with van der Waals surface area (Å²) in [6.45, 7) is 3.92. The van der Waals surface area contributed by atoms with Crippen molar-refractivity contribution in [2.24, 2.45) is 0 Å². The van der Waals surface area contributed by atoms with E-state index in [1.165, 1.54) is 25.7 Å². The summed E-state index contributed by atoms with van der Waals surface area (Å²) in [5, 5.41) is 3.95. The van der Waals surface area contributed by atoms with Gasteiger partial charge in [0.15, 0.2) is 5.82 Å². The summed E-state index contributed by atoms with van der Waals surface area (Å²) >= 11 is 0. The Kier molecular flexibility index (Phi) is 5.62. The summed E-state index contributed by atoms with van der Waals surface area (Å²) in [7, 11) is -2.10. The predicted octanol–water partition coefficient (Wildman–Crippen LogP) is 3.48. The molecule has 1 heterocycles. The molecule has 1 aliphatic carbocycles. The summed E-state index contributed by atoms with van der Waals surface area (Å²) in [5.41, 5.74) is 0.471. The van der Waals surface area contributed by atoms with Crippen molar-refractivity contribution in [3.63, 3.8) is 0 Å². The number of hydrogen-bond donors (Lipinski definition) is 1. The van der Waals surface area contributed by atoms with E-state index in [4.69, 9.17) is 9.26 Å². The van der Waals surface area contributed by atoms with Crippen LogP contribution >= 0.6 is 0 Å². The van der Waals surface area contributed by atoms with Gasteiger partial charge in [0, 0.05) is 12.0 Å². The topological polar surface area (TPSA) is 94.3 Å². The molecule has 0 saturated heterocycles. The van der Waals surface area contributed by atoms with Gasteiger partial charge < -0.3 is 9.26 Å². The number of benzene rings is 1. The van der Waals surface area contributed by atoms with E-state index in [0.29, 0.717) is 17.1 Å². The molecular weight excluding hydrogens is 354 g/mol. The van der Waals surface area contributed by atoms with E-state index in [1.54, 1.807) is 6.07 Å². The number of methoxy groups -OCH3 is 1. The quantitative estimate of drug-likeness (QED) is 0.826. The van der Waals surface area contributed by atoms with Crippen LogP contribution in [-0.4, -0.2) is 31.7 Å². The van der Waals surface area contributed by atoms with Gasteiger partial charge in [0.1, 0.15) is 5.75 Å². The van der Waals surface area contributed by atoms with E-state index < -0.39 is 10.0 Å². The molecule has 1 fully saturated rings. The minimum atomic E-state index is -3.62. The number of ether oxygens (including phenoxy) is 1. The monoisotopic (exact) mass is 379 g/mol. The molecule has 0 aliphatic heterocycles. The molecule has 0 atom stereocenters. The highest BCUT2D eigenvalue weighted by Crippen LogP contribution is 2.32. The number of rotatable bonds is 6. The minimum Gasteiger partial charge on any atom is -0.496 e. The van der Waals surface area contributed by atoms with Crippen molar-refractivity contribution in [2.45, 2.75) is 62.8 Å². The molecule has 142 valence electrons. The van der Waals surface area contributed by atoms with Crippen LogP contribution < -0.4 is 9.46 Å². The number of aromatic nitrogens is 2. The second-order valence-electron chi connectivity index (χ2n) is 6.93. The molecule has 1 aromatic heterocycles. The zero-order chi connectivity index (χ0) is 18.7. The van der Waals surface area contributed by atoms with E-state index in [9.17, 15) is 8.42 Å². The molecule has 2 aromatic rings. The van der Waals surface area contributed by atoms with Crippen LogP contribution in [0.5, 0.6) is 5.75 Å². The minimum absolute atomic E-state index is 0.00440. The Morgan fingerprint density at radius 3 is 2.58 bits per heavy atom. The zero-order valence-electron chi connectivity index (χ0n) is 15.4. The van der Waals surface area contributed by atoms with Crippen LogP contribution in [0.1, 0.15) is 57.7 Å². The first-order valence-electron chi connectivity index (χ1n) is 8.95. The highest BCUT2D eigenvalue weighted by atomic mass is 32.2. The molecule has 1 saturated carbocycles. The van der Waals surface area contributed by atoms with Crippen LogP contribution in [0.15, 0.2) is 27.6 Å². The van der Waals surface area contributed by atoms with Gasteiger partial charge in [0.2, 0.25) is 10.0 Å². The average Bonchev–Trinajstić information content (AvgIpc) is 3.12. The Hall–Kier alpha value is -1.93. The lowest BCUT2D eigenvalue weighted by Gasteiger charge is -2.22. The maximum atomic E-state index is 12.8. The summed E-state index contributed by atoms with van der Waals surface area (Å²) < 4.78 is 39.0. The number of sulfonamides is 1. The van der Waals surface area contributed by atoms with Gasteiger partial charge in [-0.25, -0.2) is 13.1 Å². The van der Waals surface area contributed by atoms with Crippen LogP contribution in [0.2, 0.25) is 0 Å². The fraction of sp³-hybridized carbons (Fsp3) is 0.556. The van der Waals surface area contributed by atoms with Crippen LogP contribution in [0.3, 0.4) is 0 Å². The molecule has 26 heavy (non-hydrogen) atoms. The van der Waals surface area contributed by atoms with Gasteiger partial charge >= 0.3 is 0 Å². The lowest BCUT2D eigenvalue weighted by molar-refractivity contribution is 0.401. The molecule has 8 heteroatoms. The zero-order valence-corrected chi connectivity index (χ0v) is 16.2. The van der Waals surface area contributed by atoms with Gasteiger partial charge in [-0.15, -0.1) is 0 Å². The van der Waals surface area contributed by atoms with Crippen LogP contribution in [-0.2, 0) is 10.0 Å². The van der Waals surface area contributed by atoms with Gasteiger partial charge in [0.25, 0.3) is 5.89 Å². The lowest BCUT2D eigenvalue weighted by atomic mass is 9.96.